The number of ether oxygens (including phenoxy) is 1. The Balaban J connectivity index is 3.20. The Hall–Kier alpha value is -0.311. The van der Waals surface area contributed by atoms with E-state index in [1.54, 1.807) is 14.7 Å². The van der Waals surface area contributed by atoms with Crippen LogP contribution in [0.2, 0.25) is 0 Å². The van der Waals surface area contributed by atoms with Crippen molar-refractivity contribution in [3.63, 3.8) is 0 Å². The van der Waals surface area contributed by atoms with E-state index in [4.69, 9.17) is 4.74 Å². The average Bonchev–Trinajstić information content (AvgIpc) is 2.56. The zero-order chi connectivity index (χ0) is 17.1. The second-order valence-corrected chi connectivity index (χ2v) is 13.0. The molecule has 1 nitrogen and oxygen atoms in total. The molecular weight excluding hydrogens is 387 g/mol. The second-order valence-electron chi connectivity index (χ2n) is 6.40. The van der Waals surface area contributed by atoms with Crippen molar-refractivity contribution in [2.24, 2.45) is 0 Å². The third kappa shape index (κ3) is 6.60. The average molecular weight is 423 g/mol. The van der Waals surface area contributed by atoms with Gasteiger partial charge in [-0.2, -0.15) is 0 Å². The molecule has 0 aromatic carbocycles. The molecule has 1 rings (SSSR count). The summed E-state index contributed by atoms with van der Waals surface area (Å²) < 4.78 is 11.3. The summed E-state index contributed by atoms with van der Waals surface area (Å²) in [5.74, 6) is 0. The van der Waals surface area contributed by atoms with Crippen molar-refractivity contribution in [2.75, 3.05) is 6.61 Å². The molecule has 0 bridgehead atoms. The quantitative estimate of drug-likeness (QED) is 0.264. The molecule has 1 aliphatic heterocycles. The zero-order valence-corrected chi connectivity index (χ0v) is 18.7. The summed E-state index contributed by atoms with van der Waals surface area (Å²) in [6, 6.07) is 0. The molecule has 0 aromatic heterocycles. The van der Waals surface area contributed by atoms with Gasteiger partial charge in [0.2, 0.25) is 0 Å². The summed E-state index contributed by atoms with van der Waals surface area (Å²) in [7, 11) is 0. The van der Waals surface area contributed by atoms with Gasteiger partial charge in [0.25, 0.3) is 0 Å². The van der Waals surface area contributed by atoms with E-state index in [9.17, 15) is 0 Å². The molecule has 23 heavy (non-hydrogen) atoms. The zero-order valence-electron chi connectivity index (χ0n) is 15.8. The summed E-state index contributed by atoms with van der Waals surface area (Å²) in [5.41, 5.74) is 3.34. The molecule has 0 fully saturated rings. The Labute approximate surface area is 151 Å². The molecule has 0 aromatic rings. The van der Waals surface area contributed by atoms with Gasteiger partial charge < -0.3 is 0 Å². The Kier molecular flexibility index (Phi) is 10.9. The van der Waals surface area contributed by atoms with Gasteiger partial charge in [0.15, 0.2) is 0 Å². The molecule has 0 spiro atoms. The van der Waals surface area contributed by atoms with Crippen LogP contribution >= 0.6 is 0 Å². The van der Waals surface area contributed by atoms with Crippen molar-refractivity contribution >= 4 is 22.8 Å². The Bertz CT molecular complexity index is 468. The molecule has 0 radical (unpaired) electrons. The van der Waals surface area contributed by atoms with E-state index < -0.39 is 19.3 Å². The van der Waals surface area contributed by atoms with Crippen molar-refractivity contribution < 1.29 is 4.74 Å². The topological polar surface area (TPSA) is 9.23 Å². The van der Waals surface area contributed by atoms with E-state index in [0.717, 1.165) is 10.4 Å². The summed E-state index contributed by atoms with van der Waals surface area (Å²) in [6.45, 7) is 14.0. The van der Waals surface area contributed by atoms with Crippen LogP contribution in [0.4, 0.5) is 0 Å². The molecule has 0 unspecified atom stereocenters. The van der Waals surface area contributed by atoms with Gasteiger partial charge in [-0.15, -0.1) is 0 Å². The van der Waals surface area contributed by atoms with Crippen LogP contribution in [-0.4, -0.2) is 29.4 Å². The summed E-state index contributed by atoms with van der Waals surface area (Å²) in [4.78, 5) is 0. The van der Waals surface area contributed by atoms with E-state index in [2.05, 4.69) is 44.4 Å². The van der Waals surface area contributed by atoms with Gasteiger partial charge in [0.1, 0.15) is 0 Å². The number of hydrogen-bond donors (Lipinski definition) is 0. The first kappa shape index (κ1) is 20.7. The van der Waals surface area contributed by atoms with Gasteiger partial charge in [-0.05, 0) is 0 Å². The number of allylic oxidation sites excluding steroid dienone is 3. The van der Waals surface area contributed by atoms with Crippen LogP contribution in [0.5, 0.6) is 0 Å². The monoisotopic (exact) mass is 424 g/mol. The van der Waals surface area contributed by atoms with E-state index in [1.165, 1.54) is 57.8 Å². The van der Waals surface area contributed by atoms with Crippen LogP contribution in [0.15, 0.2) is 31.7 Å². The molecule has 0 amide bonds. The SMILES string of the molecule is C=[C](OCC)[Sn]1=[C](CCCC)C(CCCC)=C(CCCC)C=[CH]1. The van der Waals surface area contributed by atoms with Crippen molar-refractivity contribution in [3.8, 4) is 0 Å². The Morgan fingerprint density at radius 2 is 1.57 bits per heavy atom. The van der Waals surface area contributed by atoms with Crippen molar-refractivity contribution in [1.29, 1.82) is 0 Å². The van der Waals surface area contributed by atoms with E-state index in [0.29, 0.717) is 0 Å². The first-order valence-corrected chi connectivity index (χ1v) is 14.1. The summed E-state index contributed by atoms with van der Waals surface area (Å²) in [6.07, 6.45) is 14.0. The van der Waals surface area contributed by atoms with Gasteiger partial charge in [0.05, 0.1) is 0 Å². The fourth-order valence-electron chi connectivity index (χ4n) is 3.16. The predicted octanol–water partition coefficient (Wildman–Crippen LogP) is 6.30. The fraction of sp³-hybridized carbons (Fsp3) is 0.667. The minimum atomic E-state index is -1.96. The van der Waals surface area contributed by atoms with Crippen molar-refractivity contribution in [2.45, 2.75) is 85.5 Å². The summed E-state index contributed by atoms with van der Waals surface area (Å²) in [5, 5.41) is 0. The van der Waals surface area contributed by atoms with Crippen LogP contribution in [0, 0.1) is 0 Å². The normalized spacial score (nSPS) is 14.6. The summed E-state index contributed by atoms with van der Waals surface area (Å²) >= 11 is -1.96. The van der Waals surface area contributed by atoms with Gasteiger partial charge >= 0.3 is 151 Å². The van der Waals surface area contributed by atoms with Gasteiger partial charge in [-0.3, -0.25) is 0 Å². The molecule has 0 saturated carbocycles. The molecule has 0 saturated heterocycles. The Morgan fingerprint density at radius 1 is 0.957 bits per heavy atom. The molecule has 0 N–H and O–H groups in total. The van der Waals surface area contributed by atoms with Gasteiger partial charge in [0, 0.05) is 0 Å². The molecule has 2 heteroatoms. The first-order valence-electron chi connectivity index (χ1n) is 9.65. The third-order valence-electron chi connectivity index (χ3n) is 4.51. The maximum absolute atomic E-state index is 5.86. The van der Waals surface area contributed by atoms with Crippen LogP contribution < -0.4 is 0 Å². The van der Waals surface area contributed by atoms with Crippen LogP contribution in [-0.2, 0) is 4.74 Å². The fourth-order valence-corrected chi connectivity index (χ4v) is 10.1. The molecule has 1 heterocycles. The Morgan fingerprint density at radius 3 is 2.17 bits per heavy atom. The number of unbranched alkanes of at least 4 members (excludes halogenated alkanes) is 3. The predicted molar refractivity (Wildman–Crippen MR) is 106 cm³/mol. The maximum atomic E-state index is 5.86. The van der Waals surface area contributed by atoms with Crippen LogP contribution in [0.25, 0.3) is 0 Å². The number of rotatable bonds is 12. The second kappa shape index (κ2) is 12.1. The van der Waals surface area contributed by atoms with E-state index in [1.807, 2.05) is 0 Å². The van der Waals surface area contributed by atoms with E-state index >= 15 is 0 Å². The van der Waals surface area contributed by atoms with Crippen LogP contribution in [0.1, 0.15) is 85.5 Å². The van der Waals surface area contributed by atoms with Crippen molar-refractivity contribution in [1.82, 2.24) is 0 Å². The third-order valence-corrected chi connectivity index (χ3v) is 11.5. The minimum absolute atomic E-state index is 0.758. The molecule has 0 atom stereocenters. The molecule has 0 aliphatic carbocycles. The molecular formula is C21H36OSn. The van der Waals surface area contributed by atoms with Crippen LogP contribution in [0.3, 0.4) is 0 Å². The molecule has 1 aliphatic rings. The molecule has 130 valence electrons. The van der Waals surface area contributed by atoms with Gasteiger partial charge in [-0.1, -0.05) is 0 Å². The number of hydrogen-bond acceptors (Lipinski definition) is 1. The van der Waals surface area contributed by atoms with E-state index in [-0.39, 0.29) is 0 Å². The van der Waals surface area contributed by atoms with Gasteiger partial charge in [-0.25, -0.2) is 0 Å². The first-order chi connectivity index (χ1) is 11.2. The van der Waals surface area contributed by atoms with Crippen molar-refractivity contribution in [3.05, 3.63) is 31.7 Å². The standard InChI is InChI=1S/C17H29.C4H7O.Sn/c1-5-9-12-15-17(14-11-7-3)16(8-4)13-10-6-2;1-3-5-4-2;/h4,8H,5-7,9-14H2,1-3H3;1,4H2,2H3;.